The zero-order chi connectivity index (χ0) is 22.8. The third-order valence-corrected chi connectivity index (χ3v) is 9.39. The van der Waals surface area contributed by atoms with Gasteiger partial charge in [0.15, 0.2) is 17.6 Å². The summed E-state index contributed by atoms with van der Waals surface area (Å²) in [7, 11) is 1.70. The lowest BCUT2D eigenvalue weighted by atomic mass is 9.49. The number of fused-ring (bicyclic) bond motifs is 3. The lowest BCUT2D eigenvalue weighted by Crippen LogP contribution is -2.74. The fourth-order valence-electron chi connectivity index (χ4n) is 7.78. The van der Waals surface area contributed by atoms with Gasteiger partial charge < -0.3 is 19.7 Å². The molecule has 174 valence electrons. The molecule has 2 aliphatic heterocycles. The average molecular weight is 457 g/mol. The Morgan fingerprint density at radius 2 is 2.06 bits per heavy atom. The molecule has 4 atom stereocenters. The maximum Gasteiger partial charge on any atom is 0.166 e. The van der Waals surface area contributed by atoms with Crippen LogP contribution >= 0.6 is 0 Å². The SMILES string of the molecule is COc1c2c(nc3ccccc13)C1Oc3c(O)ccc4c3[C@@]13CCN(CC1CC1)[C@H](C4)C3(O)C2. The number of nitrogens with zero attached hydrogens (tertiary/aromatic N) is 2. The van der Waals surface area contributed by atoms with Crippen molar-refractivity contribution in [1.82, 2.24) is 9.88 Å². The predicted octanol–water partition coefficient (Wildman–Crippen LogP) is 3.65. The van der Waals surface area contributed by atoms with E-state index in [0.717, 1.165) is 65.3 Å². The molecule has 0 radical (unpaired) electrons. The highest BCUT2D eigenvalue weighted by Crippen LogP contribution is 2.69. The summed E-state index contributed by atoms with van der Waals surface area (Å²) in [6.07, 6.45) is 4.16. The molecular formula is C28H28N2O4. The van der Waals surface area contributed by atoms with Crippen LogP contribution in [0.2, 0.25) is 0 Å². The van der Waals surface area contributed by atoms with Crippen LogP contribution in [0.25, 0.3) is 10.9 Å². The van der Waals surface area contributed by atoms with Crippen LogP contribution in [-0.2, 0) is 18.3 Å². The van der Waals surface area contributed by atoms with Crippen molar-refractivity contribution in [2.24, 2.45) is 5.92 Å². The Morgan fingerprint density at radius 3 is 2.88 bits per heavy atom. The van der Waals surface area contributed by atoms with E-state index < -0.39 is 17.1 Å². The van der Waals surface area contributed by atoms with Gasteiger partial charge in [-0.2, -0.15) is 0 Å². The van der Waals surface area contributed by atoms with Crippen molar-refractivity contribution >= 4 is 10.9 Å². The quantitative estimate of drug-likeness (QED) is 0.627. The number of methoxy groups -OCH3 is 1. The maximum absolute atomic E-state index is 12.9. The lowest BCUT2D eigenvalue weighted by Gasteiger charge is -2.63. The molecule has 2 aromatic carbocycles. The van der Waals surface area contributed by atoms with Gasteiger partial charge in [0.05, 0.1) is 29.3 Å². The topological polar surface area (TPSA) is 75.0 Å². The highest BCUT2D eigenvalue weighted by atomic mass is 16.5. The number of aromatic nitrogens is 1. The number of hydrogen-bond donors (Lipinski definition) is 2. The van der Waals surface area contributed by atoms with E-state index in [0.29, 0.717) is 12.2 Å². The average Bonchev–Trinajstić information content (AvgIpc) is 3.58. The number of likely N-dealkylation sites (tertiary alicyclic amines) is 1. The van der Waals surface area contributed by atoms with E-state index in [1.54, 1.807) is 13.2 Å². The zero-order valence-electron chi connectivity index (χ0n) is 19.3. The number of ether oxygens (including phenoxy) is 2. The first-order valence-electron chi connectivity index (χ1n) is 12.5. The Morgan fingerprint density at radius 1 is 1.21 bits per heavy atom. The largest absolute Gasteiger partial charge is 0.504 e. The summed E-state index contributed by atoms with van der Waals surface area (Å²) >= 11 is 0. The van der Waals surface area contributed by atoms with E-state index in [9.17, 15) is 10.2 Å². The molecule has 2 N–H and O–H groups in total. The van der Waals surface area contributed by atoms with Crippen LogP contribution < -0.4 is 9.47 Å². The van der Waals surface area contributed by atoms with Crippen molar-refractivity contribution in [2.75, 3.05) is 20.2 Å². The first kappa shape index (κ1) is 19.5. The Labute approximate surface area is 198 Å². The molecule has 1 saturated carbocycles. The van der Waals surface area contributed by atoms with Gasteiger partial charge >= 0.3 is 0 Å². The number of piperidine rings is 1. The van der Waals surface area contributed by atoms with Crippen LogP contribution in [0.5, 0.6) is 17.2 Å². The molecule has 1 aromatic heterocycles. The minimum absolute atomic E-state index is 0.000249. The molecule has 2 unspecified atom stereocenters. The molecule has 3 aliphatic carbocycles. The lowest BCUT2D eigenvalue weighted by molar-refractivity contribution is -0.173. The van der Waals surface area contributed by atoms with Gasteiger partial charge in [0.25, 0.3) is 0 Å². The van der Waals surface area contributed by atoms with Gasteiger partial charge in [0.2, 0.25) is 0 Å². The summed E-state index contributed by atoms with van der Waals surface area (Å²) in [6, 6.07) is 11.8. The van der Waals surface area contributed by atoms with Crippen molar-refractivity contribution in [3.8, 4) is 17.2 Å². The van der Waals surface area contributed by atoms with Gasteiger partial charge in [-0.3, -0.25) is 4.90 Å². The third kappa shape index (κ3) is 2.13. The monoisotopic (exact) mass is 456 g/mol. The van der Waals surface area contributed by atoms with Crippen molar-refractivity contribution in [1.29, 1.82) is 0 Å². The van der Waals surface area contributed by atoms with E-state index in [1.165, 1.54) is 18.4 Å². The Balaban J connectivity index is 1.43. The number of para-hydroxylation sites is 1. The van der Waals surface area contributed by atoms with Gasteiger partial charge in [0, 0.05) is 35.5 Å². The molecule has 34 heavy (non-hydrogen) atoms. The molecule has 2 fully saturated rings. The van der Waals surface area contributed by atoms with Crippen LogP contribution in [-0.4, -0.2) is 51.9 Å². The van der Waals surface area contributed by atoms with E-state index in [4.69, 9.17) is 14.5 Å². The first-order valence-corrected chi connectivity index (χ1v) is 12.5. The summed E-state index contributed by atoms with van der Waals surface area (Å²) in [5.74, 6) is 2.22. The second-order valence-electron chi connectivity index (χ2n) is 11.0. The molecule has 8 rings (SSSR count). The molecule has 2 bridgehead atoms. The standard InChI is InChI=1S/C28H28N2O4/c1-33-24-17-4-2-3-5-19(17)29-23-18(24)13-28(32)21-12-16-8-9-20(31)25-22(16)27(28,26(23)34-25)10-11-30(21)14-15-6-7-15/h2-5,8-9,15,21,26,31-32H,6-7,10-14H2,1H3/t21-,26?,27+,28?/m1/s1. The minimum Gasteiger partial charge on any atom is -0.504 e. The summed E-state index contributed by atoms with van der Waals surface area (Å²) in [5, 5.41) is 24.6. The smallest absolute Gasteiger partial charge is 0.166 e. The summed E-state index contributed by atoms with van der Waals surface area (Å²) in [6.45, 7) is 1.98. The fourth-order valence-corrected chi connectivity index (χ4v) is 7.78. The van der Waals surface area contributed by atoms with Gasteiger partial charge in [0.1, 0.15) is 5.75 Å². The highest BCUT2D eigenvalue weighted by Gasteiger charge is 2.73. The summed E-state index contributed by atoms with van der Waals surface area (Å²) in [5.41, 5.74) is 3.22. The molecule has 1 saturated heterocycles. The predicted molar refractivity (Wildman–Crippen MR) is 127 cm³/mol. The molecule has 6 heteroatoms. The number of rotatable bonds is 3. The van der Waals surface area contributed by atoms with Gasteiger partial charge in [-0.25, -0.2) is 4.98 Å². The molecule has 6 nitrogen and oxygen atoms in total. The van der Waals surface area contributed by atoms with Gasteiger partial charge in [-0.1, -0.05) is 18.2 Å². The number of pyridine rings is 1. The number of hydrogen-bond acceptors (Lipinski definition) is 6. The molecule has 1 spiro atoms. The number of phenols is 1. The van der Waals surface area contributed by atoms with Crippen molar-refractivity contribution in [3.63, 3.8) is 0 Å². The Kier molecular flexibility index (Phi) is 3.57. The number of aromatic hydroxyl groups is 1. The van der Waals surface area contributed by atoms with Gasteiger partial charge in [-0.15, -0.1) is 0 Å². The minimum atomic E-state index is -1.03. The number of benzene rings is 2. The van der Waals surface area contributed by atoms with Crippen molar-refractivity contribution in [2.45, 2.75) is 55.3 Å². The molecule has 0 amide bonds. The zero-order valence-corrected chi connectivity index (χ0v) is 19.3. The fraction of sp³-hybridized carbons (Fsp3) is 0.464. The highest BCUT2D eigenvalue weighted by molar-refractivity contribution is 5.87. The van der Waals surface area contributed by atoms with Crippen LogP contribution in [0.15, 0.2) is 36.4 Å². The van der Waals surface area contributed by atoms with Gasteiger partial charge in [-0.05, 0) is 61.9 Å². The van der Waals surface area contributed by atoms with Crippen LogP contribution in [0.4, 0.5) is 0 Å². The van der Waals surface area contributed by atoms with Crippen molar-refractivity contribution in [3.05, 3.63) is 58.8 Å². The molecular weight excluding hydrogens is 428 g/mol. The number of phenolic OH excluding ortho intramolecular Hbond substituents is 1. The normalized spacial score (nSPS) is 32.8. The first-order chi connectivity index (χ1) is 16.5. The third-order valence-electron chi connectivity index (χ3n) is 9.39. The van der Waals surface area contributed by atoms with E-state index in [-0.39, 0.29) is 11.8 Å². The second kappa shape index (κ2) is 6.23. The Hall–Kier alpha value is -2.83. The molecule has 3 aromatic rings. The molecule has 3 heterocycles. The van der Waals surface area contributed by atoms with Crippen LogP contribution in [0.3, 0.4) is 0 Å². The van der Waals surface area contributed by atoms with E-state index in [1.807, 2.05) is 30.3 Å². The Bertz CT molecular complexity index is 1380. The second-order valence-corrected chi connectivity index (χ2v) is 11.0. The van der Waals surface area contributed by atoms with Crippen LogP contribution in [0, 0.1) is 5.92 Å². The maximum atomic E-state index is 12.9. The van der Waals surface area contributed by atoms with Crippen LogP contribution in [0.1, 0.15) is 47.8 Å². The summed E-state index contributed by atoms with van der Waals surface area (Å²) in [4.78, 5) is 7.65. The summed E-state index contributed by atoms with van der Waals surface area (Å²) < 4.78 is 12.6. The number of aliphatic hydroxyl groups is 1. The molecule has 5 aliphatic rings. The van der Waals surface area contributed by atoms with E-state index in [2.05, 4.69) is 4.90 Å². The van der Waals surface area contributed by atoms with Crippen molar-refractivity contribution < 1.29 is 19.7 Å². The van der Waals surface area contributed by atoms with E-state index >= 15 is 0 Å².